The maximum absolute atomic E-state index is 4.06. The Morgan fingerprint density at radius 3 is 2.69 bits per heavy atom. The highest BCUT2D eigenvalue weighted by Crippen LogP contribution is 2.46. The van der Waals surface area contributed by atoms with Crippen LogP contribution in [0, 0.1) is 11.3 Å². The molecule has 16 heavy (non-hydrogen) atoms. The summed E-state index contributed by atoms with van der Waals surface area (Å²) in [6.45, 7) is 4.82. The zero-order valence-corrected chi connectivity index (χ0v) is 11.7. The fourth-order valence-corrected chi connectivity index (χ4v) is 4.26. The summed E-state index contributed by atoms with van der Waals surface area (Å²) in [4.78, 5) is 4.67. The van der Waals surface area contributed by atoms with Gasteiger partial charge in [-0.3, -0.25) is 4.98 Å². The van der Waals surface area contributed by atoms with Gasteiger partial charge in [-0.05, 0) is 48.3 Å². The molecule has 1 aliphatic rings. The predicted molar refractivity (Wildman–Crippen MR) is 71.8 cm³/mol. The van der Waals surface area contributed by atoms with Crippen molar-refractivity contribution in [1.29, 1.82) is 0 Å². The summed E-state index contributed by atoms with van der Waals surface area (Å²) in [5, 5.41) is 0. The van der Waals surface area contributed by atoms with Gasteiger partial charge in [-0.25, -0.2) is 0 Å². The van der Waals surface area contributed by atoms with Crippen LogP contribution in [0.3, 0.4) is 0 Å². The van der Waals surface area contributed by atoms with E-state index < -0.39 is 0 Å². The van der Waals surface area contributed by atoms with Crippen molar-refractivity contribution in [1.82, 2.24) is 4.98 Å². The number of hydrogen-bond acceptors (Lipinski definition) is 1. The fraction of sp³-hybridized carbons (Fsp3) is 0.643. The van der Waals surface area contributed by atoms with Crippen molar-refractivity contribution in [2.75, 3.05) is 0 Å². The second kappa shape index (κ2) is 4.87. The van der Waals surface area contributed by atoms with Gasteiger partial charge in [-0.15, -0.1) is 0 Å². The third-order valence-corrected chi connectivity index (χ3v) is 4.92. The summed E-state index contributed by atoms with van der Waals surface area (Å²) in [5.74, 6) is 0.806. The van der Waals surface area contributed by atoms with Gasteiger partial charge in [0.1, 0.15) is 0 Å². The monoisotopic (exact) mass is 281 g/mol. The van der Waals surface area contributed by atoms with Crippen molar-refractivity contribution >= 4 is 15.9 Å². The van der Waals surface area contributed by atoms with E-state index in [0.29, 0.717) is 10.2 Å². The molecule has 0 saturated heterocycles. The fourth-order valence-electron chi connectivity index (χ4n) is 2.91. The Bertz CT molecular complexity index is 334. The number of pyridine rings is 1. The lowest BCUT2D eigenvalue weighted by Gasteiger charge is -2.31. The predicted octanol–water partition coefficient (Wildman–Crippen LogP) is 4.21. The van der Waals surface area contributed by atoms with E-state index in [9.17, 15) is 0 Å². The Labute approximate surface area is 107 Å². The van der Waals surface area contributed by atoms with Crippen molar-refractivity contribution in [2.24, 2.45) is 11.3 Å². The van der Waals surface area contributed by atoms with Crippen molar-refractivity contribution in [2.45, 2.75) is 44.4 Å². The van der Waals surface area contributed by atoms with Crippen LogP contribution >= 0.6 is 15.9 Å². The molecule has 0 amide bonds. The third kappa shape index (κ3) is 2.65. The van der Waals surface area contributed by atoms with E-state index in [-0.39, 0.29) is 0 Å². The van der Waals surface area contributed by atoms with E-state index in [4.69, 9.17) is 0 Å². The molecule has 2 atom stereocenters. The molecule has 0 radical (unpaired) electrons. The van der Waals surface area contributed by atoms with Crippen LogP contribution in [-0.4, -0.2) is 9.81 Å². The van der Waals surface area contributed by atoms with Crippen molar-refractivity contribution in [3.8, 4) is 0 Å². The zero-order valence-electron chi connectivity index (χ0n) is 10.1. The molecule has 2 rings (SSSR count). The number of alkyl halides is 1. The number of hydrogen-bond donors (Lipinski definition) is 0. The SMILES string of the molecule is CC1(C)CCCC1C(Br)Cc1ccncc1. The molecule has 1 aromatic rings. The normalized spacial score (nSPS) is 25.6. The van der Waals surface area contributed by atoms with Crippen LogP contribution in [0.25, 0.3) is 0 Å². The molecule has 0 spiro atoms. The van der Waals surface area contributed by atoms with Crippen LogP contribution in [0.2, 0.25) is 0 Å². The smallest absolute Gasteiger partial charge is 0.0270 e. The van der Waals surface area contributed by atoms with Gasteiger partial charge in [0.05, 0.1) is 0 Å². The molecular formula is C14H20BrN. The Hall–Kier alpha value is -0.370. The molecule has 88 valence electrons. The standard InChI is InChI=1S/C14H20BrN/c1-14(2)7-3-4-12(14)13(15)10-11-5-8-16-9-6-11/h5-6,8-9,12-13H,3-4,7,10H2,1-2H3. The molecule has 1 aromatic heterocycles. The minimum Gasteiger partial charge on any atom is -0.265 e. The summed E-state index contributed by atoms with van der Waals surface area (Å²) in [6, 6.07) is 4.24. The molecule has 1 fully saturated rings. The van der Waals surface area contributed by atoms with Gasteiger partial charge in [-0.2, -0.15) is 0 Å². The van der Waals surface area contributed by atoms with E-state index in [1.54, 1.807) is 0 Å². The first-order chi connectivity index (χ1) is 7.59. The Morgan fingerprint density at radius 2 is 2.12 bits per heavy atom. The summed E-state index contributed by atoms with van der Waals surface area (Å²) < 4.78 is 0. The van der Waals surface area contributed by atoms with E-state index in [0.717, 1.165) is 12.3 Å². The minimum absolute atomic E-state index is 0.501. The second-order valence-corrected chi connectivity index (χ2v) is 6.74. The summed E-state index contributed by atoms with van der Waals surface area (Å²) in [7, 11) is 0. The van der Waals surface area contributed by atoms with Crippen LogP contribution in [0.5, 0.6) is 0 Å². The van der Waals surface area contributed by atoms with Gasteiger partial charge in [0.25, 0.3) is 0 Å². The molecule has 1 saturated carbocycles. The van der Waals surface area contributed by atoms with Gasteiger partial charge in [0.15, 0.2) is 0 Å². The van der Waals surface area contributed by atoms with Crippen molar-refractivity contribution in [3.63, 3.8) is 0 Å². The summed E-state index contributed by atoms with van der Waals surface area (Å²) in [5.41, 5.74) is 1.89. The highest BCUT2D eigenvalue weighted by atomic mass is 79.9. The van der Waals surface area contributed by atoms with Crippen LogP contribution in [0.15, 0.2) is 24.5 Å². The quantitative estimate of drug-likeness (QED) is 0.757. The largest absolute Gasteiger partial charge is 0.265 e. The van der Waals surface area contributed by atoms with Gasteiger partial charge in [0, 0.05) is 17.2 Å². The first-order valence-corrected chi connectivity index (χ1v) is 7.04. The molecule has 0 bridgehead atoms. The molecule has 0 aromatic carbocycles. The Kier molecular flexibility index (Phi) is 3.68. The zero-order chi connectivity index (χ0) is 11.6. The van der Waals surface area contributed by atoms with Gasteiger partial charge >= 0.3 is 0 Å². The van der Waals surface area contributed by atoms with E-state index in [1.165, 1.54) is 24.8 Å². The third-order valence-electron chi connectivity index (χ3n) is 3.96. The molecular weight excluding hydrogens is 262 g/mol. The highest BCUT2D eigenvalue weighted by molar-refractivity contribution is 9.09. The van der Waals surface area contributed by atoms with Crippen LogP contribution < -0.4 is 0 Å². The average molecular weight is 282 g/mol. The molecule has 2 heteroatoms. The van der Waals surface area contributed by atoms with Crippen molar-refractivity contribution < 1.29 is 0 Å². The number of rotatable bonds is 3. The minimum atomic E-state index is 0.501. The van der Waals surface area contributed by atoms with Crippen LogP contribution in [0.1, 0.15) is 38.7 Å². The van der Waals surface area contributed by atoms with E-state index in [1.807, 2.05) is 12.4 Å². The summed E-state index contributed by atoms with van der Waals surface area (Å²) >= 11 is 3.90. The highest BCUT2D eigenvalue weighted by Gasteiger charge is 2.38. The Balaban J connectivity index is 2.01. The average Bonchev–Trinajstić information content (AvgIpc) is 2.59. The first kappa shape index (κ1) is 12.1. The maximum Gasteiger partial charge on any atom is 0.0270 e. The first-order valence-electron chi connectivity index (χ1n) is 6.12. The van der Waals surface area contributed by atoms with Gasteiger partial charge < -0.3 is 0 Å². The lowest BCUT2D eigenvalue weighted by atomic mass is 9.79. The van der Waals surface area contributed by atoms with Gasteiger partial charge in [-0.1, -0.05) is 36.2 Å². The molecule has 2 unspecified atom stereocenters. The van der Waals surface area contributed by atoms with Gasteiger partial charge in [0.2, 0.25) is 0 Å². The topological polar surface area (TPSA) is 12.9 Å². The van der Waals surface area contributed by atoms with E-state index in [2.05, 4.69) is 46.9 Å². The lowest BCUT2D eigenvalue weighted by Crippen LogP contribution is -2.27. The maximum atomic E-state index is 4.06. The van der Waals surface area contributed by atoms with Crippen LogP contribution in [0.4, 0.5) is 0 Å². The van der Waals surface area contributed by atoms with Crippen molar-refractivity contribution in [3.05, 3.63) is 30.1 Å². The number of aromatic nitrogens is 1. The second-order valence-electron chi connectivity index (χ2n) is 5.56. The Morgan fingerprint density at radius 1 is 1.44 bits per heavy atom. The summed E-state index contributed by atoms with van der Waals surface area (Å²) in [6.07, 6.45) is 9.01. The van der Waals surface area contributed by atoms with E-state index >= 15 is 0 Å². The number of halogens is 1. The van der Waals surface area contributed by atoms with Crippen LogP contribution in [-0.2, 0) is 6.42 Å². The molecule has 0 N–H and O–H groups in total. The molecule has 1 nitrogen and oxygen atoms in total. The molecule has 0 aliphatic heterocycles. The lowest BCUT2D eigenvalue weighted by molar-refractivity contribution is 0.255. The molecule has 1 heterocycles. The number of nitrogens with zero attached hydrogens (tertiary/aromatic N) is 1. The molecule has 1 aliphatic carbocycles.